The highest BCUT2D eigenvalue weighted by Crippen LogP contribution is 2.23. The second-order valence-corrected chi connectivity index (χ2v) is 5.04. The molecule has 0 bridgehead atoms. The first kappa shape index (κ1) is 17.4. The SMILES string of the molecule is C=C(C)C(=O)OCCC(C)(CCC)OC(=O)C(=C)C. The second-order valence-electron chi connectivity index (χ2n) is 5.04. The molecule has 0 aromatic carbocycles. The van der Waals surface area contributed by atoms with Crippen molar-refractivity contribution in [3.8, 4) is 0 Å². The minimum atomic E-state index is -0.639. The predicted molar refractivity (Wildman–Crippen MR) is 74.6 cm³/mol. The molecule has 108 valence electrons. The number of carbonyl (C=O) groups is 2. The Morgan fingerprint density at radius 3 is 2.00 bits per heavy atom. The van der Waals surface area contributed by atoms with Crippen LogP contribution >= 0.6 is 0 Å². The van der Waals surface area contributed by atoms with Gasteiger partial charge in [0.2, 0.25) is 0 Å². The van der Waals surface area contributed by atoms with Gasteiger partial charge in [0.05, 0.1) is 6.61 Å². The van der Waals surface area contributed by atoms with Gasteiger partial charge in [-0.25, -0.2) is 9.59 Å². The van der Waals surface area contributed by atoms with Gasteiger partial charge in [-0.3, -0.25) is 0 Å². The zero-order chi connectivity index (χ0) is 15.1. The van der Waals surface area contributed by atoms with Crippen LogP contribution in [-0.4, -0.2) is 24.1 Å². The van der Waals surface area contributed by atoms with Gasteiger partial charge in [0.25, 0.3) is 0 Å². The van der Waals surface area contributed by atoms with E-state index in [0.29, 0.717) is 24.0 Å². The predicted octanol–water partition coefficient (Wildman–Crippen LogP) is 3.17. The Bertz CT molecular complexity index is 370. The fraction of sp³-hybridized carbons (Fsp3) is 0.600. The van der Waals surface area contributed by atoms with Crippen molar-refractivity contribution < 1.29 is 19.1 Å². The first-order chi connectivity index (χ1) is 8.72. The molecule has 0 rings (SSSR count). The molecule has 1 atom stereocenters. The summed E-state index contributed by atoms with van der Waals surface area (Å²) < 4.78 is 10.5. The van der Waals surface area contributed by atoms with Crippen LogP contribution in [0.4, 0.5) is 0 Å². The third-order valence-corrected chi connectivity index (χ3v) is 2.68. The molecule has 4 nitrogen and oxygen atoms in total. The Morgan fingerprint density at radius 1 is 1.05 bits per heavy atom. The lowest BCUT2D eigenvalue weighted by molar-refractivity contribution is -0.156. The molecule has 0 amide bonds. The molecule has 0 aromatic rings. The number of ether oxygens (including phenoxy) is 2. The summed E-state index contributed by atoms with van der Waals surface area (Å²) in [7, 11) is 0. The molecular weight excluding hydrogens is 244 g/mol. The minimum Gasteiger partial charge on any atom is -0.462 e. The zero-order valence-corrected chi connectivity index (χ0v) is 12.4. The van der Waals surface area contributed by atoms with Crippen molar-refractivity contribution in [2.45, 2.75) is 52.6 Å². The van der Waals surface area contributed by atoms with Gasteiger partial charge in [0.15, 0.2) is 0 Å². The Hall–Kier alpha value is -1.58. The number of hydrogen-bond donors (Lipinski definition) is 0. The third-order valence-electron chi connectivity index (χ3n) is 2.68. The lowest BCUT2D eigenvalue weighted by Crippen LogP contribution is -2.33. The topological polar surface area (TPSA) is 52.6 Å². The van der Waals surface area contributed by atoms with E-state index in [1.807, 2.05) is 13.8 Å². The van der Waals surface area contributed by atoms with E-state index in [-0.39, 0.29) is 6.61 Å². The average Bonchev–Trinajstić information content (AvgIpc) is 2.28. The summed E-state index contributed by atoms with van der Waals surface area (Å²) >= 11 is 0. The highest BCUT2D eigenvalue weighted by Gasteiger charge is 2.28. The molecule has 0 saturated carbocycles. The van der Waals surface area contributed by atoms with Gasteiger partial charge in [-0.15, -0.1) is 0 Å². The van der Waals surface area contributed by atoms with E-state index in [0.717, 1.165) is 6.42 Å². The van der Waals surface area contributed by atoms with E-state index < -0.39 is 17.5 Å². The first-order valence-corrected chi connectivity index (χ1v) is 6.43. The van der Waals surface area contributed by atoms with Gasteiger partial charge < -0.3 is 9.47 Å². The van der Waals surface area contributed by atoms with E-state index >= 15 is 0 Å². The van der Waals surface area contributed by atoms with E-state index in [9.17, 15) is 9.59 Å². The number of hydrogen-bond acceptors (Lipinski definition) is 4. The van der Waals surface area contributed by atoms with Gasteiger partial charge in [-0.05, 0) is 27.2 Å². The lowest BCUT2D eigenvalue weighted by atomic mass is 9.96. The van der Waals surface area contributed by atoms with Crippen LogP contribution in [0.5, 0.6) is 0 Å². The first-order valence-electron chi connectivity index (χ1n) is 6.43. The van der Waals surface area contributed by atoms with Crippen LogP contribution in [0, 0.1) is 0 Å². The maximum absolute atomic E-state index is 11.6. The highest BCUT2D eigenvalue weighted by atomic mass is 16.6. The van der Waals surface area contributed by atoms with E-state index in [1.165, 1.54) is 0 Å². The molecule has 19 heavy (non-hydrogen) atoms. The van der Waals surface area contributed by atoms with Crippen molar-refractivity contribution in [3.05, 3.63) is 24.3 Å². The van der Waals surface area contributed by atoms with E-state index in [2.05, 4.69) is 13.2 Å². The standard InChI is InChI=1S/C15H24O4/c1-7-8-15(6,19-14(17)12(4)5)9-10-18-13(16)11(2)3/h2,4,7-10H2,1,3,5-6H3. The smallest absolute Gasteiger partial charge is 0.333 e. The second kappa shape index (κ2) is 7.77. The summed E-state index contributed by atoms with van der Waals surface area (Å²) in [6.07, 6.45) is 2.03. The van der Waals surface area contributed by atoms with E-state index in [4.69, 9.17) is 9.47 Å². The number of esters is 2. The summed E-state index contributed by atoms with van der Waals surface area (Å²) in [5.41, 5.74) is 0.0810. The Balaban J connectivity index is 4.46. The van der Waals surface area contributed by atoms with Crippen molar-refractivity contribution in [1.82, 2.24) is 0 Å². The quantitative estimate of drug-likeness (QED) is 0.501. The summed E-state index contributed by atoms with van der Waals surface area (Å²) in [5, 5.41) is 0. The summed E-state index contributed by atoms with van der Waals surface area (Å²) in [4.78, 5) is 22.9. The van der Waals surface area contributed by atoms with Gasteiger partial charge in [0.1, 0.15) is 5.60 Å². The Labute approximate surface area is 115 Å². The molecule has 0 fully saturated rings. The molecular formula is C15H24O4. The van der Waals surface area contributed by atoms with Crippen molar-refractivity contribution in [2.75, 3.05) is 6.61 Å². The zero-order valence-electron chi connectivity index (χ0n) is 12.4. The van der Waals surface area contributed by atoms with Crippen molar-refractivity contribution >= 4 is 11.9 Å². The van der Waals surface area contributed by atoms with Crippen molar-refractivity contribution in [1.29, 1.82) is 0 Å². The number of carbonyl (C=O) groups excluding carboxylic acids is 2. The fourth-order valence-corrected chi connectivity index (χ4v) is 1.55. The van der Waals surface area contributed by atoms with Gasteiger partial charge in [0, 0.05) is 17.6 Å². The van der Waals surface area contributed by atoms with Gasteiger partial charge in [-0.1, -0.05) is 26.5 Å². The number of rotatable bonds is 8. The van der Waals surface area contributed by atoms with Gasteiger partial charge >= 0.3 is 11.9 Å². The molecule has 0 saturated heterocycles. The van der Waals surface area contributed by atoms with Crippen molar-refractivity contribution in [2.24, 2.45) is 0 Å². The molecule has 0 spiro atoms. The molecule has 0 N–H and O–H groups in total. The monoisotopic (exact) mass is 268 g/mol. The van der Waals surface area contributed by atoms with E-state index in [1.54, 1.807) is 13.8 Å². The molecule has 1 unspecified atom stereocenters. The van der Waals surface area contributed by atoms with Gasteiger partial charge in [-0.2, -0.15) is 0 Å². The van der Waals surface area contributed by atoms with Crippen molar-refractivity contribution in [3.63, 3.8) is 0 Å². The molecule has 0 aliphatic heterocycles. The normalized spacial score (nSPS) is 13.3. The Kier molecular flexibility index (Phi) is 7.12. The average molecular weight is 268 g/mol. The minimum absolute atomic E-state index is 0.200. The van der Waals surface area contributed by atoms with Crippen LogP contribution in [-0.2, 0) is 19.1 Å². The highest BCUT2D eigenvalue weighted by molar-refractivity contribution is 5.87. The molecule has 4 heteroatoms. The van der Waals surface area contributed by atoms with Crippen LogP contribution in [0.2, 0.25) is 0 Å². The maximum atomic E-state index is 11.6. The van der Waals surface area contributed by atoms with Crippen LogP contribution in [0.15, 0.2) is 24.3 Å². The molecule has 0 radical (unpaired) electrons. The summed E-state index contributed by atoms with van der Waals surface area (Å²) in [5.74, 6) is -0.841. The molecule has 0 aliphatic rings. The van der Waals surface area contributed by atoms with Crippen LogP contribution < -0.4 is 0 Å². The fourth-order valence-electron chi connectivity index (χ4n) is 1.55. The summed E-state index contributed by atoms with van der Waals surface area (Å²) in [6.45, 7) is 14.3. The molecule has 0 aliphatic carbocycles. The maximum Gasteiger partial charge on any atom is 0.333 e. The van der Waals surface area contributed by atoms with Crippen LogP contribution in [0.1, 0.15) is 47.0 Å². The third kappa shape index (κ3) is 6.79. The molecule has 0 heterocycles. The molecule has 0 aromatic heterocycles. The van der Waals surface area contributed by atoms with Crippen LogP contribution in [0.25, 0.3) is 0 Å². The largest absolute Gasteiger partial charge is 0.462 e. The Morgan fingerprint density at radius 2 is 1.58 bits per heavy atom. The van der Waals surface area contributed by atoms with Crippen LogP contribution in [0.3, 0.4) is 0 Å². The summed E-state index contributed by atoms with van der Waals surface area (Å²) in [6, 6.07) is 0. The lowest BCUT2D eigenvalue weighted by Gasteiger charge is -2.29.